The largest absolute Gasteiger partial charge is 0.364 e. The molecule has 126 valence electrons. The Hall–Kier alpha value is -2.14. The van der Waals surface area contributed by atoms with Gasteiger partial charge in [0.15, 0.2) is 5.69 Å². The number of nitrogens with zero attached hydrogens (tertiary/aromatic N) is 1. The monoisotopic (exact) mass is 325 g/mol. The Balaban J connectivity index is 1.84. The molecule has 4 rings (SSSR count). The molecule has 2 heterocycles. The summed E-state index contributed by atoms with van der Waals surface area (Å²) in [6, 6.07) is 10.4. The van der Waals surface area contributed by atoms with E-state index < -0.39 is 5.91 Å². The first-order chi connectivity index (χ1) is 11.8. The number of primary amides is 1. The van der Waals surface area contributed by atoms with Gasteiger partial charge >= 0.3 is 0 Å². The van der Waals surface area contributed by atoms with Crippen molar-refractivity contribution < 1.29 is 9.32 Å². The zero-order chi connectivity index (χ0) is 16.5. The Morgan fingerprint density at radius 3 is 2.50 bits per heavy atom. The Morgan fingerprint density at radius 1 is 1.17 bits per heavy atom. The topological polar surface area (TPSA) is 81.2 Å². The molecule has 0 spiro atoms. The van der Waals surface area contributed by atoms with Gasteiger partial charge in [0.25, 0.3) is 5.91 Å². The summed E-state index contributed by atoms with van der Waals surface area (Å²) < 4.78 is 5.61. The zero-order valence-electron chi connectivity index (χ0n) is 13.7. The molecule has 0 bridgehead atoms. The van der Waals surface area contributed by atoms with Crippen LogP contribution in [0.15, 0.2) is 34.9 Å². The molecule has 1 aliphatic carbocycles. The van der Waals surface area contributed by atoms with E-state index in [2.05, 4.69) is 34.7 Å². The van der Waals surface area contributed by atoms with E-state index in [0.29, 0.717) is 17.5 Å². The minimum Gasteiger partial charge on any atom is -0.364 e. The van der Waals surface area contributed by atoms with Crippen LogP contribution in [0, 0.1) is 5.92 Å². The Kier molecular flexibility index (Phi) is 4.10. The van der Waals surface area contributed by atoms with Crippen molar-refractivity contribution in [1.29, 1.82) is 0 Å². The van der Waals surface area contributed by atoms with Gasteiger partial charge in [-0.3, -0.25) is 4.79 Å². The number of piperidine rings is 1. The van der Waals surface area contributed by atoms with Crippen molar-refractivity contribution in [2.24, 2.45) is 11.7 Å². The second-order valence-corrected chi connectivity index (χ2v) is 6.92. The van der Waals surface area contributed by atoms with Gasteiger partial charge < -0.3 is 15.6 Å². The number of benzene rings is 1. The molecule has 2 fully saturated rings. The molecule has 3 N–H and O–H groups in total. The number of amides is 1. The summed E-state index contributed by atoms with van der Waals surface area (Å²) in [6.07, 6.45) is 4.36. The van der Waals surface area contributed by atoms with Crippen molar-refractivity contribution in [2.75, 3.05) is 13.1 Å². The molecule has 1 aromatic heterocycles. The maximum absolute atomic E-state index is 12.0. The van der Waals surface area contributed by atoms with E-state index >= 15 is 0 Å². The minimum atomic E-state index is -0.490. The lowest BCUT2D eigenvalue weighted by Crippen LogP contribution is -2.32. The van der Waals surface area contributed by atoms with E-state index in [4.69, 9.17) is 10.3 Å². The lowest BCUT2D eigenvalue weighted by molar-refractivity contribution is 0.0990. The minimum absolute atomic E-state index is 0.123. The van der Waals surface area contributed by atoms with Crippen LogP contribution in [0.3, 0.4) is 0 Å². The average molecular weight is 325 g/mol. The molecular formula is C19H23N3O2. The number of hydrogen-bond donors (Lipinski definition) is 2. The fraction of sp³-hybridized carbons (Fsp3) is 0.474. The summed E-state index contributed by atoms with van der Waals surface area (Å²) in [4.78, 5) is 12.0. The number of aromatic nitrogens is 1. The first-order valence-electron chi connectivity index (χ1n) is 8.80. The highest BCUT2D eigenvalue weighted by molar-refractivity contribution is 5.92. The first kappa shape index (κ1) is 15.4. The van der Waals surface area contributed by atoms with Crippen molar-refractivity contribution in [3.8, 4) is 0 Å². The highest BCUT2D eigenvalue weighted by atomic mass is 16.5. The standard InChI is InChI=1S/C19H23N3O2/c20-19(23)17-16(18(24-22-17)14-6-7-14)15(12-4-2-1-3-5-12)13-8-10-21-11-9-13/h1-5,13-15,21H,6-11H2,(H2,20,23). The predicted molar refractivity (Wildman–Crippen MR) is 90.9 cm³/mol. The second-order valence-electron chi connectivity index (χ2n) is 6.92. The molecule has 24 heavy (non-hydrogen) atoms. The molecule has 5 nitrogen and oxygen atoms in total. The van der Waals surface area contributed by atoms with Gasteiger partial charge in [-0.05, 0) is 50.3 Å². The maximum Gasteiger partial charge on any atom is 0.271 e. The van der Waals surface area contributed by atoms with Gasteiger partial charge in [-0.2, -0.15) is 0 Å². The highest BCUT2D eigenvalue weighted by Crippen LogP contribution is 2.48. The Morgan fingerprint density at radius 2 is 1.88 bits per heavy atom. The number of rotatable bonds is 5. The summed E-state index contributed by atoms with van der Waals surface area (Å²) in [7, 11) is 0. The van der Waals surface area contributed by atoms with Crippen LogP contribution >= 0.6 is 0 Å². The molecule has 0 radical (unpaired) electrons. The first-order valence-corrected chi connectivity index (χ1v) is 8.80. The van der Waals surface area contributed by atoms with Crippen LogP contribution in [0.4, 0.5) is 0 Å². The van der Waals surface area contributed by atoms with Crippen molar-refractivity contribution in [1.82, 2.24) is 10.5 Å². The molecule has 1 saturated heterocycles. The van der Waals surface area contributed by atoms with E-state index in [-0.39, 0.29) is 5.92 Å². The van der Waals surface area contributed by atoms with Gasteiger partial charge in [0.1, 0.15) is 5.76 Å². The van der Waals surface area contributed by atoms with E-state index in [9.17, 15) is 4.79 Å². The highest BCUT2D eigenvalue weighted by Gasteiger charge is 2.39. The number of nitrogens with two attached hydrogens (primary N) is 1. The third-order valence-electron chi connectivity index (χ3n) is 5.26. The van der Waals surface area contributed by atoms with Crippen molar-refractivity contribution in [3.05, 3.63) is 52.9 Å². The van der Waals surface area contributed by atoms with Gasteiger partial charge in [-0.15, -0.1) is 0 Å². The molecule has 2 aliphatic rings. The van der Waals surface area contributed by atoms with Crippen LogP contribution in [0.25, 0.3) is 0 Å². The number of carbonyl (C=O) groups is 1. The molecule has 1 atom stereocenters. The lowest BCUT2D eigenvalue weighted by Gasteiger charge is -2.31. The lowest BCUT2D eigenvalue weighted by atomic mass is 9.75. The van der Waals surface area contributed by atoms with Crippen LogP contribution in [-0.2, 0) is 0 Å². The van der Waals surface area contributed by atoms with Crippen LogP contribution in [0.5, 0.6) is 0 Å². The Labute approximate surface area is 141 Å². The summed E-state index contributed by atoms with van der Waals surface area (Å²) in [5, 5.41) is 7.48. The third kappa shape index (κ3) is 2.84. The maximum atomic E-state index is 12.0. The summed E-state index contributed by atoms with van der Waals surface area (Å²) in [6.45, 7) is 2.01. The average Bonchev–Trinajstić information content (AvgIpc) is 3.37. The van der Waals surface area contributed by atoms with Crippen LogP contribution < -0.4 is 11.1 Å². The van der Waals surface area contributed by atoms with E-state index in [1.54, 1.807) is 0 Å². The van der Waals surface area contributed by atoms with Crippen LogP contribution in [0.2, 0.25) is 0 Å². The van der Waals surface area contributed by atoms with Gasteiger partial charge in [0.05, 0.1) is 0 Å². The summed E-state index contributed by atoms with van der Waals surface area (Å²) in [5.74, 6) is 1.38. The third-order valence-corrected chi connectivity index (χ3v) is 5.26. The van der Waals surface area contributed by atoms with Crippen LogP contribution in [0.1, 0.15) is 64.9 Å². The summed E-state index contributed by atoms with van der Waals surface area (Å²) >= 11 is 0. The molecular weight excluding hydrogens is 302 g/mol. The zero-order valence-corrected chi connectivity index (χ0v) is 13.7. The quantitative estimate of drug-likeness (QED) is 0.886. The van der Waals surface area contributed by atoms with Gasteiger partial charge in [0.2, 0.25) is 0 Å². The molecule has 5 heteroatoms. The molecule has 1 aromatic carbocycles. The molecule has 1 aliphatic heterocycles. The number of hydrogen-bond acceptors (Lipinski definition) is 4. The van der Waals surface area contributed by atoms with Crippen molar-refractivity contribution in [2.45, 2.75) is 37.5 Å². The Bertz CT molecular complexity index is 715. The fourth-order valence-corrected chi connectivity index (χ4v) is 3.94. The van der Waals surface area contributed by atoms with E-state index in [0.717, 1.165) is 50.1 Å². The van der Waals surface area contributed by atoms with Crippen LogP contribution in [-0.4, -0.2) is 24.2 Å². The normalized spacial score (nSPS) is 20.0. The van der Waals surface area contributed by atoms with E-state index in [1.165, 1.54) is 5.56 Å². The van der Waals surface area contributed by atoms with E-state index in [1.807, 2.05) is 6.07 Å². The van der Waals surface area contributed by atoms with Crippen molar-refractivity contribution >= 4 is 5.91 Å². The molecule has 1 unspecified atom stereocenters. The molecule has 2 aromatic rings. The molecule has 1 amide bonds. The number of carbonyl (C=O) groups excluding carboxylic acids is 1. The molecule has 1 saturated carbocycles. The second kappa shape index (κ2) is 6.40. The summed E-state index contributed by atoms with van der Waals surface area (Å²) in [5.41, 5.74) is 8.11. The number of nitrogens with one attached hydrogen (secondary N) is 1. The van der Waals surface area contributed by atoms with Crippen molar-refractivity contribution in [3.63, 3.8) is 0 Å². The van der Waals surface area contributed by atoms with Gasteiger partial charge in [0, 0.05) is 17.4 Å². The SMILES string of the molecule is NC(=O)c1noc(C2CC2)c1C(c1ccccc1)C1CCNCC1. The fourth-order valence-electron chi connectivity index (χ4n) is 3.94. The van der Waals surface area contributed by atoms with Gasteiger partial charge in [-0.25, -0.2) is 0 Å². The predicted octanol–water partition coefficient (Wildman–Crippen LogP) is 2.78. The van der Waals surface area contributed by atoms with Gasteiger partial charge in [-0.1, -0.05) is 35.5 Å². The smallest absolute Gasteiger partial charge is 0.271 e.